The Balaban J connectivity index is 1.45. The molecule has 0 bridgehead atoms. The van der Waals surface area contributed by atoms with Crippen LogP contribution in [0.3, 0.4) is 0 Å². The fourth-order valence-corrected chi connectivity index (χ4v) is 8.14. The van der Waals surface area contributed by atoms with E-state index in [9.17, 15) is 18.0 Å². The number of sulfonamides is 1. The van der Waals surface area contributed by atoms with Gasteiger partial charge in [-0.3, -0.25) is 14.2 Å². The molecule has 0 spiro atoms. The number of nitrogens with one attached hydrogen (secondary N) is 1. The Morgan fingerprint density at radius 1 is 1.20 bits per heavy atom. The summed E-state index contributed by atoms with van der Waals surface area (Å²) in [5.74, 6) is 1.12. The van der Waals surface area contributed by atoms with Crippen molar-refractivity contribution in [2.24, 2.45) is 11.8 Å². The van der Waals surface area contributed by atoms with Crippen molar-refractivity contribution in [2.45, 2.75) is 38.6 Å². The lowest BCUT2D eigenvalue weighted by molar-refractivity contribution is -0.116. The fourth-order valence-electron chi connectivity index (χ4n) is 4.80. The van der Waals surface area contributed by atoms with Crippen LogP contribution in [0.4, 0.5) is 5.69 Å². The highest BCUT2D eigenvalue weighted by molar-refractivity contribution is 7.89. The lowest BCUT2D eigenvalue weighted by atomic mass is 9.94. The van der Waals surface area contributed by atoms with Gasteiger partial charge in [-0.2, -0.15) is 4.31 Å². The quantitative estimate of drug-likeness (QED) is 0.551. The molecule has 1 saturated heterocycles. The largest absolute Gasteiger partial charge is 0.454 e. The molecule has 0 saturated carbocycles. The number of carbonyl (C=O) groups excluding carboxylic acids is 1. The second kappa shape index (κ2) is 8.92. The maximum Gasteiger partial charge on any atom is 0.263 e. The topological polar surface area (TPSA) is 120 Å². The number of ether oxygens (including phenoxy) is 2. The number of thiophene rings is 1. The molecular weight excluding hydrogens is 492 g/mol. The molecule has 4 heterocycles. The van der Waals surface area contributed by atoms with Crippen LogP contribution in [0.25, 0.3) is 10.2 Å². The molecular formula is C23H26N4O6S2. The minimum absolute atomic E-state index is 0.00169. The van der Waals surface area contributed by atoms with Crippen molar-refractivity contribution in [2.75, 3.05) is 25.2 Å². The van der Waals surface area contributed by atoms with Gasteiger partial charge in [0, 0.05) is 29.7 Å². The third kappa shape index (κ3) is 4.41. The first-order chi connectivity index (χ1) is 16.6. The van der Waals surface area contributed by atoms with E-state index in [0.29, 0.717) is 40.0 Å². The van der Waals surface area contributed by atoms with Crippen LogP contribution in [0.15, 0.2) is 34.2 Å². The Morgan fingerprint density at radius 2 is 1.91 bits per heavy atom. The van der Waals surface area contributed by atoms with E-state index in [1.54, 1.807) is 25.1 Å². The summed E-state index contributed by atoms with van der Waals surface area (Å²) in [7, 11) is -3.90. The summed E-state index contributed by atoms with van der Waals surface area (Å²) >= 11 is 1.17. The molecule has 0 radical (unpaired) electrons. The Bertz CT molecular complexity index is 1470. The number of piperidine rings is 1. The summed E-state index contributed by atoms with van der Waals surface area (Å²) in [4.78, 5) is 31.2. The number of amides is 1. The van der Waals surface area contributed by atoms with Crippen LogP contribution in [0, 0.1) is 18.8 Å². The first-order valence-corrected chi connectivity index (χ1v) is 13.6. The average molecular weight is 519 g/mol. The lowest BCUT2D eigenvalue weighted by Crippen LogP contribution is -2.42. The highest BCUT2D eigenvalue weighted by Gasteiger charge is 2.35. The van der Waals surface area contributed by atoms with Crippen LogP contribution in [-0.4, -0.2) is 48.1 Å². The predicted molar refractivity (Wildman–Crippen MR) is 132 cm³/mol. The summed E-state index contributed by atoms with van der Waals surface area (Å²) in [6.07, 6.45) is 2.24. The van der Waals surface area contributed by atoms with Crippen molar-refractivity contribution >= 4 is 43.2 Å². The van der Waals surface area contributed by atoms with Crippen molar-refractivity contribution in [3.8, 4) is 11.5 Å². The first kappa shape index (κ1) is 23.8. The second-order valence-electron chi connectivity index (χ2n) is 9.23. The van der Waals surface area contributed by atoms with Gasteiger partial charge in [0.2, 0.25) is 22.7 Å². The molecule has 2 aromatic heterocycles. The Morgan fingerprint density at radius 3 is 2.66 bits per heavy atom. The second-order valence-corrected chi connectivity index (χ2v) is 12.3. The molecule has 1 N–H and O–H groups in total. The molecule has 2 aliphatic rings. The van der Waals surface area contributed by atoms with Gasteiger partial charge in [0.15, 0.2) is 11.5 Å². The molecule has 1 fully saturated rings. The molecule has 2 aliphatic heterocycles. The molecule has 5 rings (SSSR count). The summed E-state index contributed by atoms with van der Waals surface area (Å²) in [6.45, 7) is 6.38. The zero-order valence-electron chi connectivity index (χ0n) is 19.6. The molecule has 2 atom stereocenters. The number of carbonyl (C=O) groups is 1. The number of hydrogen-bond acceptors (Lipinski definition) is 8. The normalized spacial score (nSPS) is 20.3. The van der Waals surface area contributed by atoms with E-state index in [2.05, 4.69) is 10.3 Å². The van der Waals surface area contributed by atoms with Crippen molar-refractivity contribution in [1.29, 1.82) is 0 Å². The van der Waals surface area contributed by atoms with E-state index in [1.165, 1.54) is 22.0 Å². The number of rotatable bonds is 5. The molecule has 10 nitrogen and oxygen atoms in total. The smallest absolute Gasteiger partial charge is 0.263 e. The summed E-state index contributed by atoms with van der Waals surface area (Å²) in [5, 5.41) is 2.76. The Labute approximate surface area is 206 Å². The highest BCUT2D eigenvalue weighted by Crippen LogP contribution is 2.36. The van der Waals surface area contributed by atoms with Crippen LogP contribution in [0.5, 0.6) is 11.5 Å². The maximum absolute atomic E-state index is 13.6. The number of hydrogen-bond donors (Lipinski definition) is 1. The molecule has 0 unspecified atom stereocenters. The van der Waals surface area contributed by atoms with E-state index >= 15 is 0 Å². The molecule has 1 aromatic carbocycles. The van der Waals surface area contributed by atoms with E-state index in [-0.39, 0.29) is 35.5 Å². The summed E-state index contributed by atoms with van der Waals surface area (Å²) < 4.78 is 40.5. The fraction of sp³-hybridized carbons (Fsp3) is 0.435. The third-order valence-electron chi connectivity index (χ3n) is 6.20. The van der Waals surface area contributed by atoms with Gasteiger partial charge >= 0.3 is 0 Å². The Hall–Kier alpha value is -2.96. The average Bonchev–Trinajstić information content (AvgIpc) is 3.39. The third-order valence-corrected chi connectivity index (χ3v) is 9.35. The lowest BCUT2D eigenvalue weighted by Gasteiger charge is -2.34. The van der Waals surface area contributed by atoms with Gasteiger partial charge in [-0.25, -0.2) is 13.4 Å². The maximum atomic E-state index is 13.6. The number of benzene rings is 1. The van der Waals surface area contributed by atoms with Gasteiger partial charge in [0.1, 0.15) is 16.3 Å². The van der Waals surface area contributed by atoms with Crippen molar-refractivity contribution in [3.63, 3.8) is 0 Å². The number of nitrogens with zero attached hydrogens (tertiary/aromatic N) is 3. The first-order valence-electron chi connectivity index (χ1n) is 11.3. The van der Waals surface area contributed by atoms with Crippen LogP contribution >= 0.6 is 11.3 Å². The zero-order valence-corrected chi connectivity index (χ0v) is 21.2. The monoisotopic (exact) mass is 518 g/mol. The molecule has 0 aliphatic carbocycles. The van der Waals surface area contributed by atoms with Gasteiger partial charge in [-0.1, -0.05) is 13.8 Å². The van der Waals surface area contributed by atoms with E-state index in [4.69, 9.17) is 9.47 Å². The molecule has 35 heavy (non-hydrogen) atoms. The van der Waals surface area contributed by atoms with Crippen LogP contribution < -0.4 is 20.3 Å². The van der Waals surface area contributed by atoms with Crippen molar-refractivity contribution in [1.82, 2.24) is 13.9 Å². The zero-order chi connectivity index (χ0) is 24.9. The molecule has 1 amide bonds. The van der Waals surface area contributed by atoms with E-state index in [1.807, 2.05) is 13.8 Å². The van der Waals surface area contributed by atoms with E-state index in [0.717, 1.165) is 11.0 Å². The summed E-state index contributed by atoms with van der Waals surface area (Å²) in [5.41, 5.74) is -0.0683. The van der Waals surface area contributed by atoms with E-state index < -0.39 is 21.5 Å². The van der Waals surface area contributed by atoms with Crippen LogP contribution in [-0.2, 0) is 21.4 Å². The molecule has 3 aromatic rings. The van der Waals surface area contributed by atoms with Crippen LogP contribution in [0.1, 0.15) is 25.1 Å². The van der Waals surface area contributed by atoms with Gasteiger partial charge in [0.25, 0.3) is 5.56 Å². The standard InChI is InChI=1S/C23H26N4O6S2/c1-13-6-14(2)9-27(8-13)35(30,31)21-15(3)34-22-20(21)23(29)26(11-24-22)10-19(28)25-16-4-5-17-18(7-16)33-12-32-17/h4-5,7,11,13-14H,6,8-10,12H2,1-3H3,(H,25,28)/t13-,14-/m1/s1. The van der Waals surface area contributed by atoms with Gasteiger partial charge in [-0.15, -0.1) is 11.3 Å². The SMILES string of the molecule is Cc1sc2ncn(CC(=O)Nc3ccc4c(c3)OCO4)c(=O)c2c1S(=O)(=O)N1C[C@H](C)C[C@@H](C)C1. The number of fused-ring (bicyclic) bond motifs is 2. The Kier molecular flexibility index (Phi) is 6.06. The number of aryl methyl sites for hydroxylation is 1. The van der Waals surface area contributed by atoms with Gasteiger partial charge in [-0.05, 0) is 37.3 Å². The molecule has 12 heteroatoms. The minimum atomic E-state index is -3.90. The predicted octanol–water partition coefficient (Wildman–Crippen LogP) is 2.80. The van der Waals surface area contributed by atoms with Crippen molar-refractivity contribution < 1.29 is 22.7 Å². The van der Waals surface area contributed by atoms with Gasteiger partial charge < -0.3 is 14.8 Å². The molecule has 186 valence electrons. The summed E-state index contributed by atoms with van der Waals surface area (Å²) in [6, 6.07) is 4.99. The minimum Gasteiger partial charge on any atom is -0.454 e. The van der Waals surface area contributed by atoms with Gasteiger partial charge in [0.05, 0.1) is 11.7 Å². The number of anilines is 1. The van der Waals surface area contributed by atoms with Crippen molar-refractivity contribution in [3.05, 3.63) is 39.8 Å². The van der Waals surface area contributed by atoms with Crippen LogP contribution in [0.2, 0.25) is 0 Å². The number of aromatic nitrogens is 2. The highest BCUT2D eigenvalue weighted by atomic mass is 32.2.